The molecule has 4 rings (SSSR count). The van der Waals surface area contributed by atoms with E-state index in [4.69, 9.17) is 4.42 Å². The zero-order valence-electron chi connectivity index (χ0n) is 15.5. The summed E-state index contributed by atoms with van der Waals surface area (Å²) in [5.74, 6) is -0.309. The van der Waals surface area contributed by atoms with Crippen LogP contribution in [0.25, 0.3) is 22.7 Å². The van der Waals surface area contributed by atoms with Crippen LogP contribution in [0.5, 0.6) is 0 Å². The van der Waals surface area contributed by atoms with E-state index in [0.29, 0.717) is 18.4 Å². The van der Waals surface area contributed by atoms with Gasteiger partial charge in [0, 0.05) is 11.1 Å². The largest absolute Gasteiger partial charge is 0.446 e. The summed E-state index contributed by atoms with van der Waals surface area (Å²) in [6, 6.07) is 7.44. The van der Waals surface area contributed by atoms with E-state index in [0.717, 1.165) is 0 Å². The van der Waals surface area contributed by atoms with Gasteiger partial charge in [0.25, 0.3) is 0 Å². The molecular weight excluding hydrogens is 439 g/mol. The second kappa shape index (κ2) is 6.99. The van der Waals surface area contributed by atoms with Crippen LogP contribution < -0.4 is 0 Å². The predicted octanol–water partition coefficient (Wildman–Crippen LogP) is 4.85. The molecule has 11 heteroatoms. The topological polar surface area (TPSA) is 96.8 Å². The van der Waals surface area contributed by atoms with Crippen LogP contribution in [0, 0.1) is 11.3 Å². The number of halogens is 3. The fraction of sp³-hybridized carbons (Fsp3) is 0.316. The van der Waals surface area contributed by atoms with Crippen molar-refractivity contribution < 1.29 is 26.0 Å². The third-order valence-corrected chi connectivity index (χ3v) is 7.34. The summed E-state index contributed by atoms with van der Waals surface area (Å²) in [7, 11) is -3.73. The summed E-state index contributed by atoms with van der Waals surface area (Å²) in [6.45, 7) is 1.48. The van der Waals surface area contributed by atoms with Crippen molar-refractivity contribution >= 4 is 32.7 Å². The Kier molecular flexibility index (Phi) is 4.82. The lowest BCUT2D eigenvalue weighted by atomic mass is 9.99. The molecule has 1 aliphatic rings. The number of nitrogens with zero attached hydrogens (tertiary/aromatic N) is 3. The number of hydrogen-bond acceptors (Lipinski definition) is 7. The molecule has 0 amide bonds. The number of aromatic nitrogens is 2. The molecule has 0 aliphatic heterocycles. The Morgan fingerprint density at radius 1 is 1.30 bits per heavy atom. The summed E-state index contributed by atoms with van der Waals surface area (Å²) in [4.78, 5) is 8.22. The molecule has 6 nitrogen and oxygen atoms in total. The van der Waals surface area contributed by atoms with Crippen LogP contribution in [0.1, 0.15) is 25.3 Å². The van der Waals surface area contributed by atoms with Gasteiger partial charge in [0.1, 0.15) is 11.2 Å². The Morgan fingerprint density at radius 2 is 2.03 bits per heavy atom. The van der Waals surface area contributed by atoms with Crippen molar-refractivity contribution in [1.29, 1.82) is 5.26 Å². The molecule has 0 spiro atoms. The van der Waals surface area contributed by atoms with Crippen LogP contribution in [0.2, 0.25) is 0 Å². The van der Waals surface area contributed by atoms with E-state index in [9.17, 15) is 26.9 Å². The lowest BCUT2D eigenvalue weighted by Crippen LogP contribution is -2.11. The van der Waals surface area contributed by atoms with Crippen molar-refractivity contribution in [1.82, 2.24) is 9.97 Å². The maximum Gasteiger partial charge on any atom is 0.446 e. The molecule has 0 radical (unpaired) electrons. The maximum atomic E-state index is 12.7. The summed E-state index contributed by atoms with van der Waals surface area (Å²) in [5, 5.41) is 9.41. The second-order valence-corrected chi connectivity index (χ2v) is 10.2. The normalized spacial score (nSPS) is 15.8. The average molecular weight is 453 g/mol. The SMILES string of the molecule is CCS(=O)(=O)c1cc(C2(C#N)CC2)cnc1-c1nc2cc(SC(F)(F)F)ccc2o1. The van der Waals surface area contributed by atoms with Gasteiger partial charge in [-0.15, -0.1) is 0 Å². The summed E-state index contributed by atoms with van der Waals surface area (Å²) in [6.07, 6.45) is 2.68. The van der Waals surface area contributed by atoms with Crippen LogP contribution in [-0.2, 0) is 15.3 Å². The third-order valence-electron chi connectivity index (χ3n) is 4.88. The van der Waals surface area contributed by atoms with Crippen molar-refractivity contribution in [2.24, 2.45) is 0 Å². The molecule has 30 heavy (non-hydrogen) atoms. The summed E-state index contributed by atoms with van der Waals surface area (Å²) in [5.41, 5.74) is -4.33. The van der Waals surface area contributed by atoms with Crippen LogP contribution in [0.15, 0.2) is 44.7 Å². The van der Waals surface area contributed by atoms with Gasteiger partial charge in [0.15, 0.2) is 15.4 Å². The number of nitriles is 1. The van der Waals surface area contributed by atoms with Crippen LogP contribution in [0.4, 0.5) is 13.2 Å². The number of alkyl halides is 3. The van der Waals surface area contributed by atoms with Crippen molar-refractivity contribution in [3.05, 3.63) is 36.0 Å². The fourth-order valence-electron chi connectivity index (χ4n) is 3.06. The smallest absolute Gasteiger partial charge is 0.435 e. The highest BCUT2D eigenvalue weighted by Crippen LogP contribution is 2.48. The molecule has 1 saturated carbocycles. The molecule has 3 aromatic rings. The highest BCUT2D eigenvalue weighted by Gasteiger charge is 2.46. The second-order valence-electron chi connectivity index (χ2n) is 6.86. The Hall–Kier alpha value is -2.58. The highest BCUT2D eigenvalue weighted by atomic mass is 32.2. The third kappa shape index (κ3) is 3.77. The Balaban J connectivity index is 1.83. The number of pyridine rings is 1. The first-order valence-corrected chi connectivity index (χ1v) is 11.3. The first-order chi connectivity index (χ1) is 14.1. The minimum Gasteiger partial charge on any atom is -0.435 e. The molecule has 0 N–H and O–H groups in total. The van der Waals surface area contributed by atoms with Crippen LogP contribution in [-0.4, -0.2) is 29.6 Å². The molecule has 0 atom stereocenters. The lowest BCUT2D eigenvalue weighted by molar-refractivity contribution is -0.0328. The van der Waals surface area contributed by atoms with Gasteiger partial charge in [-0.25, -0.2) is 18.4 Å². The number of thioether (sulfide) groups is 1. The highest BCUT2D eigenvalue weighted by molar-refractivity contribution is 8.00. The molecule has 156 valence electrons. The van der Waals surface area contributed by atoms with Crippen molar-refractivity contribution in [2.45, 2.75) is 40.5 Å². The molecule has 1 aliphatic carbocycles. The molecule has 0 bridgehead atoms. The predicted molar refractivity (Wildman–Crippen MR) is 103 cm³/mol. The van der Waals surface area contributed by atoms with Crippen molar-refractivity contribution in [3.63, 3.8) is 0 Å². The number of benzene rings is 1. The van der Waals surface area contributed by atoms with E-state index in [-0.39, 0.29) is 50.0 Å². The fourth-order valence-corrected chi connectivity index (χ4v) is 4.68. The quantitative estimate of drug-likeness (QED) is 0.510. The minimum atomic E-state index is -4.44. The molecule has 1 aromatic carbocycles. The molecule has 2 aromatic heterocycles. The maximum absolute atomic E-state index is 12.7. The van der Waals surface area contributed by atoms with Gasteiger partial charge in [-0.3, -0.25) is 0 Å². The van der Waals surface area contributed by atoms with E-state index in [1.807, 2.05) is 0 Å². The van der Waals surface area contributed by atoms with Crippen molar-refractivity contribution in [2.75, 3.05) is 5.75 Å². The van der Waals surface area contributed by atoms with Gasteiger partial charge in [-0.2, -0.15) is 18.4 Å². The zero-order valence-corrected chi connectivity index (χ0v) is 17.2. The Bertz CT molecular complexity index is 1290. The zero-order chi connectivity index (χ0) is 21.7. The lowest BCUT2D eigenvalue weighted by Gasteiger charge is -2.11. The average Bonchev–Trinajstić information content (AvgIpc) is 3.38. The monoisotopic (exact) mass is 453 g/mol. The summed E-state index contributed by atoms with van der Waals surface area (Å²) < 4.78 is 68.8. The van der Waals surface area contributed by atoms with Gasteiger partial charge >= 0.3 is 5.51 Å². The number of fused-ring (bicyclic) bond motifs is 1. The van der Waals surface area contributed by atoms with E-state index in [1.54, 1.807) is 0 Å². The van der Waals surface area contributed by atoms with Crippen molar-refractivity contribution in [3.8, 4) is 17.7 Å². The first-order valence-electron chi connectivity index (χ1n) is 8.88. The number of hydrogen-bond donors (Lipinski definition) is 0. The summed E-state index contributed by atoms with van der Waals surface area (Å²) >= 11 is -0.278. The van der Waals surface area contributed by atoms with Crippen LogP contribution in [0.3, 0.4) is 0 Å². The molecule has 2 heterocycles. The van der Waals surface area contributed by atoms with Crippen LogP contribution >= 0.6 is 11.8 Å². The van der Waals surface area contributed by atoms with E-state index in [1.165, 1.54) is 37.4 Å². The standard InChI is InChI=1S/C19H14F3N3O3S2/c1-2-30(26,27)15-7-11(18(10-23)5-6-18)9-24-16(15)17-25-13-8-12(29-19(20,21)22)3-4-14(13)28-17/h3-4,7-9H,2,5-6H2,1H3. The van der Waals surface area contributed by atoms with E-state index in [2.05, 4.69) is 16.0 Å². The van der Waals surface area contributed by atoms with Gasteiger partial charge in [-0.1, -0.05) is 6.92 Å². The van der Waals surface area contributed by atoms with Gasteiger partial charge in [-0.05, 0) is 54.4 Å². The molecular formula is C19H14F3N3O3S2. The minimum absolute atomic E-state index is 0.0319. The van der Waals surface area contributed by atoms with Gasteiger partial charge < -0.3 is 4.42 Å². The van der Waals surface area contributed by atoms with E-state index < -0.39 is 20.8 Å². The Morgan fingerprint density at radius 3 is 2.63 bits per heavy atom. The molecule has 0 saturated heterocycles. The molecule has 0 unspecified atom stereocenters. The first kappa shape index (κ1) is 20.7. The van der Waals surface area contributed by atoms with Gasteiger partial charge in [0.05, 0.1) is 22.1 Å². The van der Waals surface area contributed by atoms with E-state index >= 15 is 0 Å². The number of rotatable bonds is 5. The number of oxazole rings is 1. The Labute approximate surface area is 174 Å². The van der Waals surface area contributed by atoms with Gasteiger partial charge in [0.2, 0.25) is 5.89 Å². The molecule has 1 fully saturated rings. The number of sulfone groups is 1.